The van der Waals surface area contributed by atoms with Crippen molar-refractivity contribution in [3.8, 4) is 0 Å². The first-order valence-corrected chi connectivity index (χ1v) is 6.04. The van der Waals surface area contributed by atoms with E-state index in [9.17, 15) is 4.79 Å². The Labute approximate surface area is 118 Å². The molecule has 19 heavy (non-hydrogen) atoms. The van der Waals surface area contributed by atoms with Gasteiger partial charge in [0.2, 0.25) is 0 Å². The fraction of sp³-hybridized carbons (Fsp3) is 0.182. The second kappa shape index (κ2) is 5.46. The summed E-state index contributed by atoms with van der Waals surface area (Å²) in [6.07, 6.45) is 0. The number of nitrogens with zero attached hydrogens (tertiary/aromatic N) is 3. The molecule has 1 heterocycles. The first kappa shape index (κ1) is 13.6. The minimum atomic E-state index is -1.09. The zero-order valence-corrected chi connectivity index (χ0v) is 11.4. The average Bonchev–Trinajstić information content (AvgIpc) is 2.80. The SMILES string of the molecule is CN(Cc1nn[nH]c1C(=O)O)c1ccc(Cl)c(Cl)c1. The van der Waals surface area contributed by atoms with Crippen molar-refractivity contribution < 1.29 is 9.90 Å². The van der Waals surface area contributed by atoms with Crippen molar-refractivity contribution in [1.29, 1.82) is 0 Å². The molecular weight excluding hydrogens is 291 g/mol. The molecule has 0 unspecified atom stereocenters. The van der Waals surface area contributed by atoms with E-state index in [0.29, 0.717) is 15.7 Å². The maximum Gasteiger partial charge on any atom is 0.355 e. The number of H-pyrrole nitrogens is 1. The zero-order chi connectivity index (χ0) is 14.0. The Morgan fingerprint density at radius 3 is 2.79 bits per heavy atom. The number of aromatic nitrogens is 3. The standard InChI is InChI=1S/C11H10Cl2N4O2/c1-17(6-2-3-7(12)8(13)4-6)5-9-10(11(18)19)15-16-14-9/h2-4H,5H2,1H3,(H,18,19)(H,14,15,16). The molecular formula is C11H10Cl2N4O2. The maximum atomic E-state index is 10.9. The van der Waals surface area contributed by atoms with Crippen molar-refractivity contribution in [2.75, 3.05) is 11.9 Å². The van der Waals surface area contributed by atoms with Crippen LogP contribution >= 0.6 is 23.2 Å². The number of aromatic carboxylic acids is 1. The van der Waals surface area contributed by atoms with E-state index >= 15 is 0 Å². The molecule has 0 atom stereocenters. The highest BCUT2D eigenvalue weighted by atomic mass is 35.5. The van der Waals surface area contributed by atoms with E-state index in [-0.39, 0.29) is 12.2 Å². The van der Waals surface area contributed by atoms with Crippen molar-refractivity contribution >= 4 is 34.9 Å². The van der Waals surface area contributed by atoms with Gasteiger partial charge in [-0.2, -0.15) is 0 Å². The van der Waals surface area contributed by atoms with Gasteiger partial charge in [-0.05, 0) is 18.2 Å². The van der Waals surface area contributed by atoms with Crippen LogP contribution in [0.15, 0.2) is 18.2 Å². The van der Waals surface area contributed by atoms with Crippen LogP contribution < -0.4 is 4.90 Å². The van der Waals surface area contributed by atoms with Crippen molar-refractivity contribution in [1.82, 2.24) is 15.4 Å². The summed E-state index contributed by atoms with van der Waals surface area (Å²) in [5.74, 6) is -1.09. The minimum Gasteiger partial charge on any atom is -0.476 e. The van der Waals surface area contributed by atoms with Gasteiger partial charge in [0.1, 0.15) is 5.69 Å². The summed E-state index contributed by atoms with van der Waals surface area (Å²) in [5, 5.41) is 19.4. The molecule has 2 aromatic rings. The fourth-order valence-electron chi connectivity index (χ4n) is 1.57. The monoisotopic (exact) mass is 300 g/mol. The van der Waals surface area contributed by atoms with E-state index in [2.05, 4.69) is 15.4 Å². The van der Waals surface area contributed by atoms with Gasteiger partial charge < -0.3 is 10.0 Å². The number of halogens is 2. The van der Waals surface area contributed by atoms with Gasteiger partial charge in [-0.1, -0.05) is 28.4 Å². The molecule has 0 aliphatic heterocycles. The first-order valence-electron chi connectivity index (χ1n) is 5.28. The normalized spacial score (nSPS) is 10.5. The lowest BCUT2D eigenvalue weighted by Gasteiger charge is -2.18. The molecule has 100 valence electrons. The lowest BCUT2D eigenvalue weighted by molar-refractivity contribution is 0.0689. The largest absolute Gasteiger partial charge is 0.476 e. The van der Waals surface area contributed by atoms with Crippen LogP contribution in [-0.4, -0.2) is 33.5 Å². The van der Waals surface area contributed by atoms with Crippen LogP contribution in [0, 0.1) is 0 Å². The van der Waals surface area contributed by atoms with Gasteiger partial charge in [0.25, 0.3) is 0 Å². The summed E-state index contributed by atoms with van der Waals surface area (Å²) in [7, 11) is 1.79. The number of carboxylic acid groups (broad SMARTS) is 1. The summed E-state index contributed by atoms with van der Waals surface area (Å²) < 4.78 is 0. The molecule has 0 aliphatic carbocycles. The molecule has 8 heteroatoms. The van der Waals surface area contributed by atoms with Crippen molar-refractivity contribution in [2.24, 2.45) is 0 Å². The average molecular weight is 301 g/mol. The number of carbonyl (C=O) groups is 1. The van der Waals surface area contributed by atoms with Crippen LogP contribution in [0.1, 0.15) is 16.2 Å². The number of hydrogen-bond acceptors (Lipinski definition) is 4. The maximum absolute atomic E-state index is 10.9. The highest BCUT2D eigenvalue weighted by molar-refractivity contribution is 6.42. The van der Waals surface area contributed by atoms with E-state index in [1.165, 1.54) is 0 Å². The second-order valence-corrected chi connectivity index (χ2v) is 4.71. The van der Waals surface area contributed by atoms with Crippen LogP contribution in [0.2, 0.25) is 10.0 Å². The highest BCUT2D eigenvalue weighted by Crippen LogP contribution is 2.27. The van der Waals surface area contributed by atoms with Crippen LogP contribution in [0.4, 0.5) is 5.69 Å². The zero-order valence-electron chi connectivity index (χ0n) is 9.89. The Morgan fingerprint density at radius 1 is 1.42 bits per heavy atom. The number of rotatable bonds is 4. The Kier molecular flexibility index (Phi) is 3.92. The van der Waals surface area contributed by atoms with Crippen molar-refractivity contribution in [3.63, 3.8) is 0 Å². The lowest BCUT2D eigenvalue weighted by atomic mass is 10.2. The summed E-state index contributed by atoms with van der Waals surface area (Å²) in [6.45, 7) is 0.288. The number of hydrogen-bond donors (Lipinski definition) is 2. The highest BCUT2D eigenvalue weighted by Gasteiger charge is 2.16. The molecule has 0 radical (unpaired) electrons. The lowest BCUT2D eigenvalue weighted by Crippen LogP contribution is -2.18. The Balaban J connectivity index is 2.20. The summed E-state index contributed by atoms with van der Waals surface area (Å²) in [6, 6.07) is 5.16. The molecule has 0 saturated heterocycles. The van der Waals surface area contributed by atoms with E-state index in [4.69, 9.17) is 28.3 Å². The molecule has 1 aromatic heterocycles. The number of anilines is 1. The summed E-state index contributed by atoms with van der Waals surface area (Å²) in [5.41, 5.74) is 1.13. The van der Waals surface area contributed by atoms with Gasteiger partial charge in [0, 0.05) is 12.7 Å². The molecule has 1 aromatic carbocycles. The van der Waals surface area contributed by atoms with E-state index in [0.717, 1.165) is 5.69 Å². The third kappa shape index (κ3) is 2.97. The van der Waals surface area contributed by atoms with E-state index in [1.54, 1.807) is 30.1 Å². The molecule has 0 saturated carbocycles. The topological polar surface area (TPSA) is 82.1 Å². The molecule has 2 N–H and O–H groups in total. The van der Waals surface area contributed by atoms with Gasteiger partial charge in [-0.15, -0.1) is 5.10 Å². The molecule has 0 aliphatic rings. The van der Waals surface area contributed by atoms with Gasteiger partial charge in [0.05, 0.1) is 16.6 Å². The van der Waals surface area contributed by atoms with Crippen LogP contribution in [0.25, 0.3) is 0 Å². The Hall–Kier alpha value is -1.79. The molecule has 0 spiro atoms. The Bertz CT molecular complexity index is 614. The number of carboxylic acids is 1. The smallest absolute Gasteiger partial charge is 0.355 e. The Morgan fingerprint density at radius 2 is 2.16 bits per heavy atom. The predicted octanol–water partition coefficient (Wildman–Crippen LogP) is 2.45. The van der Waals surface area contributed by atoms with E-state index in [1.807, 2.05) is 0 Å². The number of benzene rings is 1. The number of nitrogens with one attached hydrogen (secondary N) is 1. The van der Waals surface area contributed by atoms with Gasteiger partial charge in [0.15, 0.2) is 5.69 Å². The summed E-state index contributed by atoms with van der Waals surface area (Å²) >= 11 is 11.8. The molecule has 0 fully saturated rings. The fourth-order valence-corrected chi connectivity index (χ4v) is 1.86. The molecule has 2 rings (SSSR count). The minimum absolute atomic E-state index is 0.0214. The molecule has 0 bridgehead atoms. The first-order chi connectivity index (χ1) is 8.99. The van der Waals surface area contributed by atoms with Crippen LogP contribution in [0.3, 0.4) is 0 Å². The van der Waals surface area contributed by atoms with Gasteiger partial charge in [-0.3, -0.25) is 5.10 Å². The van der Waals surface area contributed by atoms with Gasteiger partial charge >= 0.3 is 5.97 Å². The third-order valence-electron chi connectivity index (χ3n) is 2.57. The third-order valence-corrected chi connectivity index (χ3v) is 3.30. The molecule has 6 nitrogen and oxygen atoms in total. The van der Waals surface area contributed by atoms with Crippen molar-refractivity contribution in [2.45, 2.75) is 6.54 Å². The summed E-state index contributed by atoms with van der Waals surface area (Å²) in [4.78, 5) is 12.7. The molecule has 0 amide bonds. The van der Waals surface area contributed by atoms with Crippen LogP contribution in [0.5, 0.6) is 0 Å². The van der Waals surface area contributed by atoms with Crippen LogP contribution in [-0.2, 0) is 6.54 Å². The predicted molar refractivity (Wildman–Crippen MR) is 71.9 cm³/mol. The van der Waals surface area contributed by atoms with Crippen molar-refractivity contribution in [3.05, 3.63) is 39.6 Å². The van der Waals surface area contributed by atoms with E-state index < -0.39 is 5.97 Å². The van der Waals surface area contributed by atoms with Gasteiger partial charge in [-0.25, -0.2) is 4.79 Å². The number of aromatic amines is 1. The second-order valence-electron chi connectivity index (χ2n) is 3.89. The quantitative estimate of drug-likeness (QED) is 0.906.